The Morgan fingerprint density at radius 1 is 0.781 bits per heavy atom. The summed E-state index contributed by atoms with van der Waals surface area (Å²) in [4.78, 5) is 26.7. The minimum atomic E-state index is -4.41. The summed E-state index contributed by atoms with van der Waals surface area (Å²) >= 11 is 0. The highest BCUT2D eigenvalue weighted by Crippen LogP contribution is 2.53. The van der Waals surface area contributed by atoms with Crippen molar-refractivity contribution in [2.24, 2.45) is 17.8 Å². The summed E-state index contributed by atoms with van der Waals surface area (Å²) in [5.41, 5.74) is 4.07. The van der Waals surface area contributed by atoms with Gasteiger partial charge in [-0.25, -0.2) is 4.79 Å². The van der Waals surface area contributed by atoms with Crippen LogP contribution in [-0.2, 0) is 40.6 Å². The van der Waals surface area contributed by atoms with Gasteiger partial charge in [0.25, 0.3) is 20.2 Å². The Kier molecular flexibility index (Phi) is 15.8. The Bertz CT molecular complexity index is 2420. The molecule has 0 spiro atoms. The summed E-state index contributed by atoms with van der Waals surface area (Å²) in [5, 5.41) is 5.91. The number of amides is 2. The zero-order valence-corrected chi connectivity index (χ0v) is 39.6. The SMILES string of the molecule is C[N+]1=C(/C=C/C=C/C=C2\N(CCCCCC(=O)NCCCCCCNC(=O)OCC3[C@H]4CC/C=C\CC[C@@H]34)c3ccc(S(=O)(=O)O)cc3C2(C)C)C(C)(C)c2cc(S(=O)(=O)O)ccc21. The van der Waals surface area contributed by atoms with Crippen LogP contribution in [0.3, 0.4) is 0 Å². The van der Waals surface area contributed by atoms with Gasteiger partial charge in [-0.15, -0.1) is 0 Å². The molecule has 15 heteroatoms. The van der Waals surface area contributed by atoms with Gasteiger partial charge in [0, 0.05) is 60.6 Å². The molecule has 3 atom stereocenters. The van der Waals surface area contributed by atoms with Crippen LogP contribution in [0.25, 0.3) is 0 Å². The molecule has 0 saturated heterocycles. The molecule has 0 radical (unpaired) electrons. The molecule has 2 amide bonds. The number of carbonyl (C=O) groups is 2. The average molecular weight is 920 g/mol. The zero-order chi connectivity index (χ0) is 46.3. The van der Waals surface area contributed by atoms with Gasteiger partial charge in [0.2, 0.25) is 11.6 Å². The third-order valence-corrected chi connectivity index (χ3v) is 15.3. The van der Waals surface area contributed by atoms with Gasteiger partial charge in [-0.3, -0.25) is 13.9 Å². The van der Waals surface area contributed by atoms with Crippen LogP contribution in [0.4, 0.5) is 16.2 Å². The Labute approximate surface area is 380 Å². The van der Waals surface area contributed by atoms with Crippen molar-refractivity contribution in [3.63, 3.8) is 0 Å². The van der Waals surface area contributed by atoms with Crippen molar-refractivity contribution in [3.8, 4) is 0 Å². The average Bonchev–Trinajstić information content (AvgIpc) is 3.76. The van der Waals surface area contributed by atoms with E-state index in [0.29, 0.717) is 50.4 Å². The number of alkyl carbamates (subject to hydrolysis) is 1. The van der Waals surface area contributed by atoms with Crippen LogP contribution >= 0.6 is 0 Å². The second-order valence-electron chi connectivity index (χ2n) is 18.7. The largest absolute Gasteiger partial charge is 0.449 e. The molecule has 2 aliphatic carbocycles. The van der Waals surface area contributed by atoms with Crippen molar-refractivity contribution >= 4 is 49.3 Å². The predicted octanol–water partition coefficient (Wildman–Crippen LogP) is 8.94. The second-order valence-corrected chi connectivity index (χ2v) is 21.5. The van der Waals surface area contributed by atoms with Gasteiger partial charge in [0.15, 0.2) is 5.71 Å². The third-order valence-electron chi connectivity index (χ3n) is 13.6. The molecule has 1 fully saturated rings. The molecule has 4 N–H and O–H groups in total. The van der Waals surface area contributed by atoms with Crippen molar-refractivity contribution in [1.29, 1.82) is 0 Å². The molecule has 2 aromatic carbocycles. The summed E-state index contributed by atoms with van der Waals surface area (Å²) in [6, 6.07) is 9.32. The van der Waals surface area contributed by atoms with Crippen molar-refractivity contribution in [2.75, 3.05) is 38.2 Å². The Morgan fingerprint density at radius 2 is 1.39 bits per heavy atom. The zero-order valence-electron chi connectivity index (χ0n) is 38.0. The summed E-state index contributed by atoms with van der Waals surface area (Å²) in [6.45, 7) is 10.4. The standard InChI is InChI=1S/C49H66N4O9S2/c1-48(2)40-32-35(63(56,57)58)25-27-42(40)52(5)44(48)22-14-10-15-23-45-49(3,4)41-33-36(64(59,60)61)26-28-43(41)53(45)31-19-11-16-24-46(54)50-29-17-8-9-18-30-51-47(55)62-34-39-37-20-12-6-7-13-21-38(37)39/h6-7,10,14-15,22-23,25-28,32-33,37-39H,8-9,11-13,16-21,24,29-31,34H2,1-5H3,(H3-,50,51,54,55,56,57,58,59,60,61)/p+1/b7-6-/t37-,38+,39?. The second kappa shape index (κ2) is 20.7. The molecule has 4 aliphatic rings. The Morgan fingerprint density at radius 3 is 2.05 bits per heavy atom. The van der Waals surface area contributed by atoms with Gasteiger partial charge in [-0.1, -0.05) is 63.5 Å². The Hall–Kier alpha value is -4.57. The lowest BCUT2D eigenvalue weighted by Crippen LogP contribution is -2.27. The maximum atomic E-state index is 12.6. The van der Waals surface area contributed by atoms with Crippen LogP contribution in [0, 0.1) is 17.8 Å². The molecular formula is C49H67N4O9S2+. The molecule has 6 rings (SSSR count). The molecule has 1 saturated carbocycles. The molecule has 13 nitrogen and oxygen atoms in total. The van der Waals surface area contributed by atoms with E-state index < -0.39 is 31.1 Å². The Balaban J connectivity index is 0.935. The number of carbonyl (C=O) groups excluding carboxylic acids is 2. The molecule has 2 aliphatic heterocycles. The first-order valence-corrected chi connectivity index (χ1v) is 25.7. The number of rotatable bonds is 20. The lowest BCUT2D eigenvalue weighted by Gasteiger charge is -2.27. The number of anilines is 1. The monoisotopic (exact) mass is 919 g/mol. The van der Waals surface area contributed by atoms with Crippen molar-refractivity contribution in [2.45, 2.75) is 125 Å². The number of hydrogen-bond donors (Lipinski definition) is 4. The van der Waals surface area contributed by atoms with Gasteiger partial charge >= 0.3 is 6.09 Å². The first kappa shape index (κ1) is 48.9. The van der Waals surface area contributed by atoms with E-state index in [9.17, 15) is 35.5 Å². The minimum Gasteiger partial charge on any atom is -0.449 e. The van der Waals surface area contributed by atoms with E-state index in [-0.39, 0.29) is 21.8 Å². The number of nitrogens with one attached hydrogen (secondary N) is 2. The number of ether oxygens (including phenoxy) is 1. The van der Waals surface area contributed by atoms with Crippen molar-refractivity contribution in [1.82, 2.24) is 10.6 Å². The lowest BCUT2D eigenvalue weighted by molar-refractivity contribution is -0.401. The third kappa shape index (κ3) is 11.8. The summed E-state index contributed by atoms with van der Waals surface area (Å²) in [5.74, 6) is 1.97. The van der Waals surface area contributed by atoms with E-state index in [2.05, 4.69) is 27.7 Å². The summed E-state index contributed by atoms with van der Waals surface area (Å²) in [6.07, 6.45) is 25.1. The van der Waals surface area contributed by atoms with Crippen LogP contribution in [-0.4, -0.2) is 81.5 Å². The van der Waals surface area contributed by atoms with Gasteiger partial charge in [-0.05, 0) is 125 Å². The van der Waals surface area contributed by atoms with Crippen LogP contribution in [0.15, 0.2) is 94.4 Å². The molecule has 2 aromatic rings. The first-order valence-electron chi connectivity index (χ1n) is 22.8. The molecule has 0 bridgehead atoms. The predicted molar refractivity (Wildman–Crippen MR) is 250 cm³/mol. The number of unbranched alkanes of at least 4 members (excludes halogenated alkanes) is 5. The normalized spacial score (nSPS) is 22.3. The van der Waals surface area contributed by atoms with E-state index in [4.69, 9.17) is 4.74 Å². The van der Waals surface area contributed by atoms with Gasteiger partial charge < -0.3 is 20.3 Å². The van der Waals surface area contributed by atoms with Crippen LogP contribution in [0.1, 0.15) is 116 Å². The maximum absolute atomic E-state index is 12.6. The number of hydrogen-bond acceptors (Lipinski definition) is 8. The van der Waals surface area contributed by atoms with Crippen LogP contribution in [0.5, 0.6) is 0 Å². The first-order chi connectivity index (χ1) is 30.3. The molecular weight excluding hydrogens is 853 g/mol. The number of allylic oxidation sites excluding steroid dienone is 8. The lowest BCUT2D eigenvalue weighted by atomic mass is 9.81. The molecule has 348 valence electrons. The molecule has 0 aromatic heterocycles. The van der Waals surface area contributed by atoms with E-state index in [0.717, 1.165) is 91.7 Å². The highest BCUT2D eigenvalue weighted by molar-refractivity contribution is 7.86. The smallest absolute Gasteiger partial charge is 0.407 e. The fourth-order valence-corrected chi connectivity index (χ4v) is 10.9. The number of fused-ring (bicyclic) bond motifs is 3. The van der Waals surface area contributed by atoms with E-state index in [1.165, 1.54) is 31.0 Å². The summed E-state index contributed by atoms with van der Waals surface area (Å²) < 4.78 is 74.9. The van der Waals surface area contributed by atoms with Gasteiger partial charge in [-0.2, -0.15) is 21.4 Å². The van der Waals surface area contributed by atoms with E-state index >= 15 is 0 Å². The fraction of sp³-hybridized carbons (Fsp3) is 0.531. The number of nitrogens with zero attached hydrogens (tertiary/aromatic N) is 2. The van der Waals surface area contributed by atoms with Crippen molar-refractivity contribution < 1.29 is 44.8 Å². The molecule has 64 heavy (non-hydrogen) atoms. The van der Waals surface area contributed by atoms with Crippen LogP contribution < -0.4 is 15.5 Å². The van der Waals surface area contributed by atoms with Gasteiger partial charge in [0.05, 0.1) is 21.8 Å². The summed E-state index contributed by atoms with van der Waals surface area (Å²) in [7, 11) is -6.84. The van der Waals surface area contributed by atoms with Gasteiger partial charge in [0.1, 0.15) is 7.05 Å². The topological polar surface area (TPSA) is 182 Å². The maximum Gasteiger partial charge on any atom is 0.407 e. The quantitative estimate of drug-likeness (QED) is 0.0329. The van der Waals surface area contributed by atoms with E-state index in [1.54, 1.807) is 18.2 Å². The minimum absolute atomic E-state index is 0.0312. The van der Waals surface area contributed by atoms with Crippen LogP contribution in [0.2, 0.25) is 0 Å². The van der Waals surface area contributed by atoms with E-state index in [1.807, 2.05) is 69.7 Å². The molecule has 2 heterocycles. The highest BCUT2D eigenvalue weighted by atomic mass is 32.2. The highest BCUT2D eigenvalue weighted by Gasteiger charge is 2.49. The van der Waals surface area contributed by atoms with Crippen molar-refractivity contribution in [3.05, 3.63) is 95.8 Å². The number of benzene rings is 2. The molecule has 1 unspecified atom stereocenters. The fourth-order valence-electron chi connectivity index (χ4n) is 9.90.